The maximum Gasteiger partial charge on any atom is 0.336 e. The van der Waals surface area contributed by atoms with Crippen LogP contribution < -0.4 is 5.63 Å². The minimum Gasteiger partial charge on any atom is -0.508 e. The van der Waals surface area contributed by atoms with Crippen molar-refractivity contribution in [2.75, 3.05) is 12.9 Å². The first-order valence-corrected chi connectivity index (χ1v) is 7.04. The van der Waals surface area contributed by atoms with Crippen molar-refractivity contribution in [3.63, 3.8) is 0 Å². The van der Waals surface area contributed by atoms with Gasteiger partial charge in [0.05, 0.1) is 0 Å². The SMILES string of the molecule is CO.Cc1c(O)ccc2c(C3CCS3)cc(=O)oc12. The molecular formula is C14H16O4S. The Morgan fingerprint density at radius 3 is 2.63 bits per heavy atom. The number of phenols is 1. The number of fused-ring (bicyclic) bond motifs is 1. The average molecular weight is 280 g/mol. The molecule has 1 aliphatic rings. The van der Waals surface area contributed by atoms with Gasteiger partial charge >= 0.3 is 5.63 Å². The number of thioether (sulfide) groups is 1. The highest BCUT2D eigenvalue weighted by molar-refractivity contribution is 8.00. The molecule has 2 N–H and O–H groups in total. The smallest absolute Gasteiger partial charge is 0.336 e. The van der Waals surface area contributed by atoms with E-state index in [1.54, 1.807) is 19.1 Å². The van der Waals surface area contributed by atoms with E-state index in [4.69, 9.17) is 9.52 Å². The minimum atomic E-state index is -0.339. The van der Waals surface area contributed by atoms with Crippen LogP contribution in [0, 0.1) is 6.92 Å². The molecule has 3 rings (SSSR count). The van der Waals surface area contributed by atoms with Gasteiger partial charge in [0, 0.05) is 29.4 Å². The molecular weight excluding hydrogens is 264 g/mol. The topological polar surface area (TPSA) is 70.7 Å². The van der Waals surface area contributed by atoms with Gasteiger partial charge in [-0.2, -0.15) is 11.8 Å². The Balaban J connectivity index is 0.000000637. The summed E-state index contributed by atoms with van der Waals surface area (Å²) in [5.41, 5.74) is 1.84. The van der Waals surface area contributed by atoms with Crippen molar-refractivity contribution in [3.05, 3.63) is 39.7 Å². The lowest BCUT2D eigenvalue weighted by atomic mass is 10.0. The molecule has 102 valence electrons. The third-order valence-corrected chi connectivity index (χ3v) is 4.57. The highest BCUT2D eigenvalue weighted by atomic mass is 32.2. The predicted molar refractivity (Wildman–Crippen MR) is 76.8 cm³/mol. The first-order chi connectivity index (χ1) is 9.16. The fourth-order valence-electron chi connectivity index (χ4n) is 2.12. The van der Waals surface area contributed by atoms with Gasteiger partial charge in [-0.3, -0.25) is 0 Å². The second-order valence-electron chi connectivity index (χ2n) is 4.26. The Labute approximate surface area is 115 Å². The monoisotopic (exact) mass is 280 g/mol. The number of benzene rings is 1. The van der Waals surface area contributed by atoms with E-state index in [1.165, 1.54) is 0 Å². The number of phenolic OH excluding ortho intramolecular Hbond substituents is 1. The van der Waals surface area contributed by atoms with Gasteiger partial charge in [0.15, 0.2) is 0 Å². The van der Waals surface area contributed by atoms with Gasteiger partial charge in [-0.15, -0.1) is 0 Å². The third kappa shape index (κ3) is 2.48. The number of rotatable bonds is 1. The van der Waals surface area contributed by atoms with Crippen LogP contribution in [0.5, 0.6) is 5.75 Å². The van der Waals surface area contributed by atoms with Crippen LogP contribution in [0.2, 0.25) is 0 Å². The fraction of sp³-hybridized carbons (Fsp3) is 0.357. The quantitative estimate of drug-likeness (QED) is 0.786. The molecule has 4 nitrogen and oxygen atoms in total. The van der Waals surface area contributed by atoms with Crippen molar-refractivity contribution in [1.29, 1.82) is 0 Å². The van der Waals surface area contributed by atoms with Crippen LogP contribution in [-0.4, -0.2) is 23.1 Å². The molecule has 1 aromatic carbocycles. The summed E-state index contributed by atoms with van der Waals surface area (Å²) in [4.78, 5) is 11.6. The molecule has 0 aliphatic carbocycles. The summed E-state index contributed by atoms with van der Waals surface area (Å²) < 4.78 is 5.21. The van der Waals surface area contributed by atoms with Gasteiger partial charge in [-0.1, -0.05) is 0 Å². The normalized spacial score (nSPS) is 17.5. The van der Waals surface area contributed by atoms with Crippen LogP contribution in [-0.2, 0) is 0 Å². The van der Waals surface area contributed by atoms with Gasteiger partial charge < -0.3 is 14.6 Å². The molecule has 1 aliphatic heterocycles. The Hall–Kier alpha value is -1.46. The maximum atomic E-state index is 11.6. The average Bonchev–Trinajstić information content (AvgIpc) is 2.35. The molecule has 19 heavy (non-hydrogen) atoms. The summed E-state index contributed by atoms with van der Waals surface area (Å²) in [5, 5.41) is 18.0. The van der Waals surface area contributed by atoms with Crippen LogP contribution in [0.25, 0.3) is 11.0 Å². The first-order valence-electron chi connectivity index (χ1n) is 5.99. The minimum absolute atomic E-state index is 0.166. The van der Waals surface area contributed by atoms with Crippen LogP contribution >= 0.6 is 11.8 Å². The number of aromatic hydroxyl groups is 1. The Bertz CT molecular complexity index is 644. The lowest BCUT2D eigenvalue weighted by Gasteiger charge is -2.26. The van der Waals surface area contributed by atoms with E-state index < -0.39 is 0 Å². The third-order valence-electron chi connectivity index (χ3n) is 3.21. The summed E-state index contributed by atoms with van der Waals surface area (Å²) in [6.45, 7) is 1.76. The molecule has 1 atom stereocenters. The number of aliphatic hydroxyl groups is 1. The zero-order valence-corrected chi connectivity index (χ0v) is 11.7. The van der Waals surface area contributed by atoms with Crippen LogP contribution in [0.1, 0.15) is 22.8 Å². The molecule has 0 saturated carbocycles. The van der Waals surface area contributed by atoms with Crippen molar-refractivity contribution in [2.24, 2.45) is 0 Å². The zero-order valence-electron chi connectivity index (χ0n) is 10.8. The lowest BCUT2D eigenvalue weighted by molar-refractivity contribution is 0.399. The van der Waals surface area contributed by atoms with E-state index >= 15 is 0 Å². The van der Waals surface area contributed by atoms with Crippen molar-refractivity contribution < 1.29 is 14.6 Å². The van der Waals surface area contributed by atoms with E-state index in [1.807, 2.05) is 17.8 Å². The second kappa shape index (κ2) is 5.67. The molecule has 0 bridgehead atoms. The summed E-state index contributed by atoms with van der Waals surface area (Å²) in [5.74, 6) is 1.31. The molecule has 5 heteroatoms. The summed E-state index contributed by atoms with van der Waals surface area (Å²) in [6.07, 6.45) is 1.10. The van der Waals surface area contributed by atoms with Gasteiger partial charge in [-0.05, 0) is 36.8 Å². The molecule has 2 heterocycles. The van der Waals surface area contributed by atoms with E-state index in [9.17, 15) is 9.90 Å². The Morgan fingerprint density at radius 2 is 2.05 bits per heavy atom. The van der Waals surface area contributed by atoms with Crippen LogP contribution in [0.15, 0.2) is 27.4 Å². The molecule has 0 amide bonds. The fourth-order valence-corrected chi connectivity index (χ4v) is 2.97. The molecule has 0 spiro atoms. The number of hydrogen-bond acceptors (Lipinski definition) is 5. The largest absolute Gasteiger partial charge is 0.508 e. The van der Waals surface area contributed by atoms with Gasteiger partial charge in [0.2, 0.25) is 0 Å². The van der Waals surface area contributed by atoms with E-state index in [2.05, 4.69) is 0 Å². The highest BCUT2D eigenvalue weighted by Crippen LogP contribution is 2.44. The van der Waals surface area contributed by atoms with Crippen LogP contribution in [0.4, 0.5) is 0 Å². The predicted octanol–water partition coefficient (Wildman–Crippen LogP) is 2.59. The van der Waals surface area contributed by atoms with Crippen molar-refractivity contribution in [3.8, 4) is 5.75 Å². The molecule has 1 saturated heterocycles. The van der Waals surface area contributed by atoms with E-state index in [0.717, 1.165) is 30.2 Å². The summed E-state index contributed by atoms with van der Waals surface area (Å²) in [7, 11) is 1.00. The van der Waals surface area contributed by atoms with Crippen molar-refractivity contribution in [2.45, 2.75) is 18.6 Å². The maximum absolute atomic E-state index is 11.6. The number of aliphatic hydroxyl groups excluding tert-OH is 1. The second-order valence-corrected chi connectivity index (χ2v) is 5.57. The number of aryl methyl sites for hydroxylation is 1. The standard InChI is InChI=1S/C13H12O3S.CH4O/c1-7-10(14)3-2-8-9(11-4-5-17-11)6-12(15)16-13(7)8;1-2/h2-3,6,11,14H,4-5H2,1H3;2H,1H3. The number of hydrogen-bond donors (Lipinski definition) is 2. The summed E-state index contributed by atoms with van der Waals surface area (Å²) >= 11 is 1.85. The molecule has 1 aromatic heterocycles. The van der Waals surface area contributed by atoms with Gasteiger partial charge in [-0.25, -0.2) is 4.79 Å². The molecule has 2 aromatic rings. The Kier molecular flexibility index (Phi) is 4.17. The zero-order chi connectivity index (χ0) is 14.0. The van der Waals surface area contributed by atoms with Crippen molar-refractivity contribution >= 4 is 22.7 Å². The Morgan fingerprint density at radius 1 is 1.37 bits per heavy atom. The van der Waals surface area contributed by atoms with E-state index in [-0.39, 0.29) is 11.4 Å². The lowest BCUT2D eigenvalue weighted by Crippen LogP contribution is -2.11. The van der Waals surface area contributed by atoms with Crippen LogP contribution in [0.3, 0.4) is 0 Å². The first kappa shape index (κ1) is 14.0. The molecule has 1 fully saturated rings. The van der Waals surface area contributed by atoms with Gasteiger partial charge in [0.1, 0.15) is 11.3 Å². The van der Waals surface area contributed by atoms with Crippen molar-refractivity contribution in [1.82, 2.24) is 0 Å². The summed E-state index contributed by atoms with van der Waals surface area (Å²) in [6, 6.07) is 5.06. The highest BCUT2D eigenvalue weighted by Gasteiger charge is 2.24. The molecule has 0 radical (unpaired) electrons. The molecule has 1 unspecified atom stereocenters. The van der Waals surface area contributed by atoms with E-state index in [0.29, 0.717) is 16.4 Å². The van der Waals surface area contributed by atoms with Gasteiger partial charge in [0.25, 0.3) is 0 Å².